The first-order valence-electron chi connectivity index (χ1n) is 8.25. The fourth-order valence-electron chi connectivity index (χ4n) is 3.16. The van der Waals surface area contributed by atoms with Crippen molar-refractivity contribution >= 4 is 32.7 Å². The Kier molecular flexibility index (Phi) is 5.13. The van der Waals surface area contributed by atoms with Crippen molar-refractivity contribution < 1.29 is 9.90 Å². The zero-order valence-electron chi connectivity index (χ0n) is 13.4. The SMILES string of the molecule is C[C@@H](O)CN(C(=O)Nc1nc2ccccc2s1)C1CCCCC1. The minimum atomic E-state index is -0.530. The van der Waals surface area contributed by atoms with Crippen LogP contribution in [0.5, 0.6) is 0 Å². The van der Waals surface area contributed by atoms with E-state index in [1.54, 1.807) is 11.8 Å². The Bertz CT molecular complexity index is 632. The van der Waals surface area contributed by atoms with E-state index in [9.17, 15) is 9.90 Å². The molecular formula is C17H23N3O2S. The summed E-state index contributed by atoms with van der Waals surface area (Å²) in [5.74, 6) is 0. The second-order valence-corrected chi connectivity index (χ2v) is 7.24. The molecule has 2 N–H and O–H groups in total. The van der Waals surface area contributed by atoms with E-state index in [0.29, 0.717) is 11.7 Å². The number of aromatic nitrogens is 1. The molecule has 2 aromatic rings. The van der Waals surface area contributed by atoms with Crippen LogP contribution in [-0.2, 0) is 0 Å². The van der Waals surface area contributed by atoms with Gasteiger partial charge in [-0.1, -0.05) is 42.7 Å². The summed E-state index contributed by atoms with van der Waals surface area (Å²) in [4.78, 5) is 18.9. The van der Waals surface area contributed by atoms with Crippen LogP contribution in [0.25, 0.3) is 10.2 Å². The van der Waals surface area contributed by atoms with Gasteiger partial charge in [0, 0.05) is 12.6 Å². The average Bonchev–Trinajstić information content (AvgIpc) is 2.95. The molecule has 0 radical (unpaired) electrons. The molecule has 1 saturated carbocycles. The molecule has 0 saturated heterocycles. The van der Waals surface area contributed by atoms with E-state index in [0.717, 1.165) is 35.9 Å². The molecule has 1 fully saturated rings. The van der Waals surface area contributed by atoms with Crippen molar-refractivity contribution in [1.29, 1.82) is 0 Å². The van der Waals surface area contributed by atoms with Crippen molar-refractivity contribution in [2.75, 3.05) is 11.9 Å². The normalized spacial score (nSPS) is 17.1. The van der Waals surface area contributed by atoms with Crippen LogP contribution in [0.1, 0.15) is 39.0 Å². The van der Waals surface area contributed by atoms with E-state index >= 15 is 0 Å². The molecule has 1 aliphatic rings. The first-order chi connectivity index (χ1) is 11.1. The van der Waals surface area contributed by atoms with Crippen molar-refractivity contribution in [3.63, 3.8) is 0 Å². The van der Waals surface area contributed by atoms with Crippen molar-refractivity contribution in [2.45, 2.75) is 51.2 Å². The van der Waals surface area contributed by atoms with Crippen LogP contribution in [-0.4, -0.2) is 39.7 Å². The lowest BCUT2D eigenvalue weighted by Gasteiger charge is -2.34. The third kappa shape index (κ3) is 4.00. The number of nitrogens with one attached hydrogen (secondary N) is 1. The molecule has 1 heterocycles. The van der Waals surface area contributed by atoms with Crippen LogP contribution in [0.4, 0.5) is 9.93 Å². The number of carbonyl (C=O) groups excluding carboxylic acids is 1. The van der Waals surface area contributed by atoms with Gasteiger partial charge in [0.1, 0.15) is 0 Å². The van der Waals surface area contributed by atoms with E-state index in [4.69, 9.17) is 0 Å². The Labute approximate surface area is 140 Å². The van der Waals surface area contributed by atoms with E-state index in [1.807, 2.05) is 24.3 Å². The smallest absolute Gasteiger partial charge is 0.323 e. The topological polar surface area (TPSA) is 65.5 Å². The molecule has 124 valence electrons. The summed E-state index contributed by atoms with van der Waals surface area (Å²) in [6, 6.07) is 7.90. The minimum Gasteiger partial charge on any atom is -0.392 e. The number of amides is 2. The van der Waals surface area contributed by atoms with Gasteiger partial charge in [-0.15, -0.1) is 0 Å². The number of hydrogen-bond donors (Lipinski definition) is 2. The Morgan fingerprint density at radius 2 is 2.13 bits per heavy atom. The molecule has 1 aliphatic carbocycles. The molecule has 3 rings (SSSR count). The zero-order valence-corrected chi connectivity index (χ0v) is 14.2. The molecule has 0 aliphatic heterocycles. The van der Waals surface area contributed by atoms with Crippen LogP contribution < -0.4 is 5.32 Å². The maximum atomic E-state index is 12.7. The molecule has 6 heteroatoms. The zero-order chi connectivity index (χ0) is 16.2. The van der Waals surface area contributed by atoms with Gasteiger partial charge in [0.25, 0.3) is 0 Å². The second-order valence-electron chi connectivity index (χ2n) is 6.21. The van der Waals surface area contributed by atoms with Crippen molar-refractivity contribution in [1.82, 2.24) is 9.88 Å². The molecule has 0 unspecified atom stereocenters. The first-order valence-corrected chi connectivity index (χ1v) is 9.06. The summed E-state index contributed by atoms with van der Waals surface area (Å²) >= 11 is 1.48. The van der Waals surface area contributed by atoms with Crippen LogP contribution in [0.3, 0.4) is 0 Å². The summed E-state index contributed by atoms with van der Waals surface area (Å²) < 4.78 is 1.06. The number of thiazole rings is 1. The Morgan fingerprint density at radius 1 is 1.39 bits per heavy atom. The molecule has 1 aromatic heterocycles. The summed E-state index contributed by atoms with van der Waals surface area (Å²) in [6.07, 6.45) is 5.03. The van der Waals surface area contributed by atoms with Crippen molar-refractivity contribution in [3.8, 4) is 0 Å². The molecule has 1 aromatic carbocycles. The largest absolute Gasteiger partial charge is 0.392 e. The number of rotatable bonds is 4. The van der Waals surface area contributed by atoms with Crippen LogP contribution in [0, 0.1) is 0 Å². The highest BCUT2D eigenvalue weighted by molar-refractivity contribution is 7.22. The highest BCUT2D eigenvalue weighted by Crippen LogP contribution is 2.27. The van der Waals surface area contributed by atoms with Crippen LogP contribution >= 0.6 is 11.3 Å². The van der Waals surface area contributed by atoms with Gasteiger partial charge < -0.3 is 10.0 Å². The molecular weight excluding hydrogens is 310 g/mol. The maximum absolute atomic E-state index is 12.7. The Balaban J connectivity index is 1.73. The molecule has 23 heavy (non-hydrogen) atoms. The van der Waals surface area contributed by atoms with Gasteiger partial charge in [-0.3, -0.25) is 5.32 Å². The molecule has 0 bridgehead atoms. The highest BCUT2D eigenvalue weighted by atomic mass is 32.1. The van der Waals surface area contributed by atoms with Gasteiger partial charge in [0.2, 0.25) is 0 Å². The molecule has 0 spiro atoms. The molecule has 1 atom stereocenters. The van der Waals surface area contributed by atoms with Crippen LogP contribution in [0.2, 0.25) is 0 Å². The number of anilines is 1. The van der Waals surface area contributed by atoms with Crippen molar-refractivity contribution in [2.24, 2.45) is 0 Å². The number of para-hydroxylation sites is 1. The number of fused-ring (bicyclic) bond motifs is 1. The summed E-state index contributed by atoms with van der Waals surface area (Å²) in [7, 11) is 0. The fourth-order valence-corrected chi connectivity index (χ4v) is 4.02. The summed E-state index contributed by atoms with van der Waals surface area (Å²) in [6.45, 7) is 2.09. The standard InChI is InChI=1S/C17H23N3O2S/c1-12(21)11-20(13-7-3-2-4-8-13)17(22)19-16-18-14-9-5-6-10-15(14)23-16/h5-6,9-10,12-13,21H,2-4,7-8,11H2,1H3,(H,18,19,22)/t12-/m1/s1. The average molecular weight is 333 g/mol. The van der Waals surface area contributed by atoms with Gasteiger partial charge >= 0.3 is 6.03 Å². The number of urea groups is 1. The lowest BCUT2D eigenvalue weighted by molar-refractivity contribution is 0.105. The lowest BCUT2D eigenvalue weighted by atomic mass is 9.94. The number of aliphatic hydroxyl groups is 1. The number of carbonyl (C=O) groups is 1. The number of hydrogen-bond acceptors (Lipinski definition) is 4. The predicted octanol–water partition coefficient (Wildman–Crippen LogP) is 3.84. The first kappa shape index (κ1) is 16.2. The predicted molar refractivity (Wildman–Crippen MR) is 93.9 cm³/mol. The number of benzene rings is 1. The molecule has 2 amide bonds. The van der Waals surface area contributed by atoms with Crippen molar-refractivity contribution in [3.05, 3.63) is 24.3 Å². The Hall–Kier alpha value is -1.66. The fraction of sp³-hybridized carbons (Fsp3) is 0.529. The third-order valence-corrected chi connectivity index (χ3v) is 5.20. The minimum absolute atomic E-state index is 0.156. The quantitative estimate of drug-likeness (QED) is 0.893. The van der Waals surface area contributed by atoms with E-state index in [1.165, 1.54) is 17.8 Å². The summed E-state index contributed by atoms with van der Waals surface area (Å²) in [5, 5.41) is 13.3. The lowest BCUT2D eigenvalue weighted by Crippen LogP contribution is -2.47. The van der Waals surface area contributed by atoms with Gasteiger partial charge in [0.05, 0.1) is 16.3 Å². The molecule has 5 nitrogen and oxygen atoms in total. The monoisotopic (exact) mass is 333 g/mol. The van der Waals surface area contributed by atoms with Gasteiger partial charge in [0.15, 0.2) is 5.13 Å². The van der Waals surface area contributed by atoms with Crippen LogP contribution in [0.15, 0.2) is 24.3 Å². The maximum Gasteiger partial charge on any atom is 0.323 e. The number of aliphatic hydroxyl groups excluding tert-OH is 1. The third-order valence-electron chi connectivity index (χ3n) is 4.25. The highest BCUT2D eigenvalue weighted by Gasteiger charge is 2.27. The van der Waals surface area contributed by atoms with Gasteiger partial charge in [-0.25, -0.2) is 9.78 Å². The number of nitrogens with zero attached hydrogens (tertiary/aromatic N) is 2. The second kappa shape index (κ2) is 7.27. The van der Waals surface area contributed by atoms with Gasteiger partial charge in [-0.05, 0) is 31.9 Å². The Morgan fingerprint density at radius 3 is 2.83 bits per heavy atom. The van der Waals surface area contributed by atoms with E-state index in [2.05, 4.69) is 10.3 Å². The van der Waals surface area contributed by atoms with Gasteiger partial charge in [-0.2, -0.15) is 0 Å². The van der Waals surface area contributed by atoms with E-state index < -0.39 is 6.10 Å². The van der Waals surface area contributed by atoms with E-state index in [-0.39, 0.29) is 12.1 Å². The summed E-state index contributed by atoms with van der Waals surface area (Å²) in [5.41, 5.74) is 0.896.